The molecule has 2 rings (SSSR count). The third-order valence-electron chi connectivity index (χ3n) is 3.41. The number of hydrogen-bond donors (Lipinski definition) is 2. The van der Waals surface area contributed by atoms with E-state index in [0.29, 0.717) is 6.04 Å². The molecule has 0 saturated heterocycles. The first kappa shape index (κ1) is 11.9. The van der Waals surface area contributed by atoms with Gasteiger partial charge in [0.25, 0.3) is 0 Å². The Kier molecular flexibility index (Phi) is 3.65. The monoisotopic (exact) mass is 230 g/mol. The van der Waals surface area contributed by atoms with Crippen LogP contribution in [0.4, 0.5) is 5.69 Å². The van der Waals surface area contributed by atoms with Crippen LogP contribution in [-0.4, -0.2) is 17.3 Å². The number of aliphatic hydroxyl groups excluding tert-OH is 1. The fraction of sp³-hybridized carbons (Fsp3) is 0.500. The van der Waals surface area contributed by atoms with Crippen LogP contribution < -0.4 is 5.32 Å². The molecule has 1 fully saturated rings. The van der Waals surface area contributed by atoms with Crippen molar-refractivity contribution in [2.75, 3.05) is 5.32 Å². The Morgan fingerprint density at radius 2 is 2.00 bits per heavy atom. The van der Waals surface area contributed by atoms with Crippen LogP contribution in [0.2, 0.25) is 0 Å². The fourth-order valence-electron chi connectivity index (χ4n) is 2.33. The maximum atomic E-state index is 9.44. The van der Waals surface area contributed by atoms with Crippen LogP contribution in [0.25, 0.3) is 0 Å². The van der Waals surface area contributed by atoms with E-state index < -0.39 is 0 Å². The van der Waals surface area contributed by atoms with E-state index in [1.54, 1.807) is 0 Å². The van der Waals surface area contributed by atoms with Gasteiger partial charge in [0.05, 0.1) is 17.7 Å². The van der Waals surface area contributed by atoms with Crippen molar-refractivity contribution < 1.29 is 5.11 Å². The molecule has 0 aliphatic heterocycles. The minimum Gasteiger partial charge on any atom is -0.393 e. The third kappa shape index (κ3) is 2.98. The van der Waals surface area contributed by atoms with Gasteiger partial charge in [-0.2, -0.15) is 5.26 Å². The molecular weight excluding hydrogens is 212 g/mol. The molecule has 1 aliphatic rings. The van der Waals surface area contributed by atoms with Crippen LogP contribution in [0.15, 0.2) is 18.2 Å². The van der Waals surface area contributed by atoms with Crippen molar-refractivity contribution in [1.82, 2.24) is 0 Å². The van der Waals surface area contributed by atoms with E-state index >= 15 is 0 Å². The molecule has 0 aromatic heterocycles. The number of nitriles is 1. The standard InChI is InChI=1S/C14H18N2O/c1-10-8-13(3-2-11(10)9-15)16-12-4-6-14(17)7-5-12/h2-3,8,12,14,16-17H,4-7H2,1H3. The Hall–Kier alpha value is -1.53. The molecule has 0 atom stereocenters. The van der Waals surface area contributed by atoms with Crippen LogP contribution in [0.5, 0.6) is 0 Å². The average molecular weight is 230 g/mol. The van der Waals surface area contributed by atoms with Crippen molar-refractivity contribution in [2.45, 2.75) is 44.8 Å². The highest BCUT2D eigenvalue weighted by Crippen LogP contribution is 2.23. The SMILES string of the molecule is Cc1cc(NC2CCC(O)CC2)ccc1C#N. The summed E-state index contributed by atoms with van der Waals surface area (Å²) in [5, 5.41) is 21.8. The van der Waals surface area contributed by atoms with Gasteiger partial charge in [0.2, 0.25) is 0 Å². The van der Waals surface area contributed by atoms with Gasteiger partial charge in [-0.25, -0.2) is 0 Å². The predicted molar refractivity (Wildman–Crippen MR) is 67.8 cm³/mol. The Balaban J connectivity index is 2.00. The van der Waals surface area contributed by atoms with Crippen LogP contribution >= 0.6 is 0 Å². The van der Waals surface area contributed by atoms with E-state index in [9.17, 15) is 5.11 Å². The molecule has 1 saturated carbocycles. The molecule has 0 bridgehead atoms. The van der Waals surface area contributed by atoms with Gasteiger partial charge in [0.1, 0.15) is 0 Å². The molecule has 0 radical (unpaired) electrons. The number of aliphatic hydroxyl groups is 1. The molecule has 17 heavy (non-hydrogen) atoms. The summed E-state index contributed by atoms with van der Waals surface area (Å²) in [5.41, 5.74) is 2.81. The first-order valence-corrected chi connectivity index (χ1v) is 6.14. The van der Waals surface area contributed by atoms with Gasteiger partial charge < -0.3 is 10.4 Å². The maximum absolute atomic E-state index is 9.44. The van der Waals surface area contributed by atoms with Crippen molar-refractivity contribution in [3.63, 3.8) is 0 Å². The molecule has 1 aliphatic carbocycles. The molecule has 0 heterocycles. The van der Waals surface area contributed by atoms with Crippen LogP contribution in [-0.2, 0) is 0 Å². The number of nitrogens with one attached hydrogen (secondary N) is 1. The second kappa shape index (κ2) is 5.20. The van der Waals surface area contributed by atoms with E-state index in [-0.39, 0.29) is 6.10 Å². The molecule has 0 spiro atoms. The van der Waals surface area contributed by atoms with Gasteiger partial charge in [0.15, 0.2) is 0 Å². The lowest BCUT2D eigenvalue weighted by molar-refractivity contribution is 0.126. The smallest absolute Gasteiger partial charge is 0.0994 e. The van der Waals surface area contributed by atoms with Gasteiger partial charge in [-0.3, -0.25) is 0 Å². The summed E-state index contributed by atoms with van der Waals surface area (Å²) in [6.07, 6.45) is 3.68. The molecule has 1 aromatic carbocycles. The molecule has 1 aromatic rings. The number of hydrogen-bond acceptors (Lipinski definition) is 3. The van der Waals surface area contributed by atoms with E-state index in [0.717, 1.165) is 42.5 Å². The number of rotatable bonds is 2. The minimum absolute atomic E-state index is 0.115. The van der Waals surface area contributed by atoms with Crippen molar-refractivity contribution in [3.05, 3.63) is 29.3 Å². The normalized spacial score (nSPS) is 24.1. The lowest BCUT2D eigenvalue weighted by atomic mass is 9.93. The van der Waals surface area contributed by atoms with Gasteiger partial charge in [-0.1, -0.05) is 0 Å². The summed E-state index contributed by atoms with van der Waals surface area (Å²) in [7, 11) is 0. The molecule has 90 valence electrons. The summed E-state index contributed by atoms with van der Waals surface area (Å²) in [6, 6.07) is 8.45. The van der Waals surface area contributed by atoms with E-state index in [1.807, 2.05) is 25.1 Å². The van der Waals surface area contributed by atoms with Gasteiger partial charge in [-0.15, -0.1) is 0 Å². The van der Waals surface area contributed by atoms with Gasteiger partial charge in [-0.05, 0) is 56.4 Å². The largest absolute Gasteiger partial charge is 0.393 e. The summed E-state index contributed by atoms with van der Waals surface area (Å²) in [5.74, 6) is 0. The lowest BCUT2D eigenvalue weighted by Gasteiger charge is -2.27. The van der Waals surface area contributed by atoms with Crippen molar-refractivity contribution in [3.8, 4) is 6.07 Å². The van der Waals surface area contributed by atoms with Crippen molar-refractivity contribution in [2.24, 2.45) is 0 Å². The molecule has 3 nitrogen and oxygen atoms in total. The first-order chi connectivity index (χ1) is 8.19. The Morgan fingerprint density at radius 1 is 1.29 bits per heavy atom. The molecule has 0 amide bonds. The summed E-state index contributed by atoms with van der Waals surface area (Å²) in [4.78, 5) is 0. The lowest BCUT2D eigenvalue weighted by Crippen LogP contribution is -2.28. The summed E-state index contributed by atoms with van der Waals surface area (Å²) < 4.78 is 0. The van der Waals surface area contributed by atoms with E-state index in [1.165, 1.54) is 0 Å². The van der Waals surface area contributed by atoms with Crippen LogP contribution in [0.3, 0.4) is 0 Å². The van der Waals surface area contributed by atoms with E-state index in [4.69, 9.17) is 5.26 Å². The zero-order chi connectivity index (χ0) is 12.3. The quantitative estimate of drug-likeness (QED) is 0.821. The van der Waals surface area contributed by atoms with Gasteiger partial charge >= 0.3 is 0 Å². The highest BCUT2D eigenvalue weighted by atomic mass is 16.3. The highest BCUT2D eigenvalue weighted by Gasteiger charge is 2.18. The zero-order valence-electron chi connectivity index (χ0n) is 10.1. The zero-order valence-corrected chi connectivity index (χ0v) is 10.1. The summed E-state index contributed by atoms with van der Waals surface area (Å²) >= 11 is 0. The second-order valence-electron chi connectivity index (χ2n) is 4.79. The molecule has 0 unspecified atom stereocenters. The van der Waals surface area contributed by atoms with Crippen molar-refractivity contribution in [1.29, 1.82) is 5.26 Å². The van der Waals surface area contributed by atoms with Crippen LogP contribution in [0.1, 0.15) is 36.8 Å². The number of aryl methyl sites for hydroxylation is 1. The molecule has 2 N–H and O–H groups in total. The number of anilines is 1. The molecular formula is C14H18N2O. The predicted octanol–water partition coefficient (Wildman–Crippen LogP) is 2.58. The third-order valence-corrected chi connectivity index (χ3v) is 3.41. The van der Waals surface area contributed by atoms with E-state index in [2.05, 4.69) is 11.4 Å². The number of benzene rings is 1. The van der Waals surface area contributed by atoms with Crippen molar-refractivity contribution >= 4 is 5.69 Å². The Bertz CT molecular complexity index is 428. The number of nitrogens with zero attached hydrogens (tertiary/aromatic N) is 1. The van der Waals surface area contributed by atoms with Crippen LogP contribution in [0, 0.1) is 18.3 Å². The Labute approximate surface area is 102 Å². The second-order valence-corrected chi connectivity index (χ2v) is 4.79. The average Bonchev–Trinajstić information content (AvgIpc) is 2.32. The minimum atomic E-state index is -0.115. The molecule has 3 heteroatoms. The van der Waals surface area contributed by atoms with Gasteiger partial charge in [0, 0.05) is 11.7 Å². The first-order valence-electron chi connectivity index (χ1n) is 6.14. The maximum Gasteiger partial charge on any atom is 0.0994 e. The fourth-order valence-corrected chi connectivity index (χ4v) is 2.33. The highest BCUT2D eigenvalue weighted by molar-refractivity contribution is 5.52. The summed E-state index contributed by atoms with van der Waals surface area (Å²) in [6.45, 7) is 1.95. The Morgan fingerprint density at radius 3 is 2.59 bits per heavy atom. The topological polar surface area (TPSA) is 56.0 Å².